The van der Waals surface area contributed by atoms with E-state index in [1.165, 1.54) is 18.2 Å². The summed E-state index contributed by atoms with van der Waals surface area (Å²) in [7, 11) is 0. The first-order chi connectivity index (χ1) is 13.0. The molecule has 0 aromatic heterocycles. The predicted molar refractivity (Wildman–Crippen MR) is 103 cm³/mol. The molecule has 27 heavy (non-hydrogen) atoms. The quantitative estimate of drug-likeness (QED) is 0.823. The third kappa shape index (κ3) is 4.64. The highest BCUT2D eigenvalue weighted by molar-refractivity contribution is 6.31. The molecule has 3 N–H and O–H groups in total. The monoisotopic (exact) mass is 389 g/mol. The summed E-state index contributed by atoms with van der Waals surface area (Å²) in [5.41, 5.74) is 6.94. The molecule has 1 heterocycles. The van der Waals surface area contributed by atoms with Crippen molar-refractivity contribution < 1.29 is 14.0 Å². The van der Waals surface area contributed by atoms with Crippen molar-refractivity contribution in [1.82, 2.24) is 4.90 Å². The van der Waals surface area contributed by atoms with Crippen LogP contribution in [0, 0.1) is 11.7 Å². The Balaban J connectivity index is 1.61. The molecule has 0 spiro atoms. The van der Waals surface area contributed by atoms with Gasteiger partial charge in [-0.25, -0.2) is 4.39 Å². The number of piperidine rings is 1. The van der Waals surface area contributed by atoms with Gasteiger partial charge in [-0.1, -0.05) is 41.9 Å². The Labute approximate surface area is 162 Å². The standard InChI is InChI=1S/C20H21ClFN3O2/c21-16-12-15(6-7-17(16)22)24-20(27)14-8-10-25(11-9-14)18(19(23)26)13-4-2-1-3-5-13/h1-7,12,14,18H,8-11H2,(H2,23,26)(H,24,27). The average Bonchev–Trinajstić information content (AvgIpc) is 2.66. The van der Waals surface area contributed by atoms with E-state index in [-0.39, 0.29) is 16.8 Å². The van der Waals surface area contributed by atoms with Crippen molar-refractivity contribution in [1.29, 1.82) is 0 Å². The van der Waals surface area contributed by atoms with Gasteiger partial charge in [-0.05, 0) is 49.7 Å². The zero-order chi connectivity index (χ0) is 19.4. The fourth-order valence-electron chi connectivity index (χ4n) is 3.43. The minimum absolute atomic E-state index is 0.0326. The lowest BCUT2D eigenvalue weighted by molar-refractivity contribution is -0.125. The number of hydrogen-bond acceptors (Lipinski definition) is 3. The lowest BCUT2D eigenvalue weighted by Gasteiger charge is -2.35. The number of rotatable bonds is 5. The molecule has 142 valence electrons. The van der Waals surface area contributed by atoms with Gasteiger partial charge >= 0.3 is 0 Å². The highest BCUT2D eigenvalue weighted by atomic mass is 35.5. The van der Waals surface area contributed by atoms with E-state index in [4.69, 9.17) is 17.3 Å². The molecule has 0 bridgehead atoms. The maximum Gasteiger partial charge on any atom is 0.239 e. The molecule has 1 fully saturated rings. The average molecular weight is 390 g/mol. The van der Waals surface area contributed by atoms with Crippen molar-refractivity contribution in [3.8, 4) is 0 Å². The Morgan fingerprint density at radius 3 is 2.41 bits per heavy atom. The van der Waals surface area contributed by atoms with E-state index in [2.05, 4.69) is 5.32 Å². The second-order valence-electron chi connectivity index (χ2n) is 6.64. The molecular formula is C20H21ClFN3O2. The maximum atomic E-state index is 13.2. The number of hydrogen-bond donors (Lipinski definition) is 2. The SMILES string of the molecule is NC(=O)C(c1ccccc1)N1CCC(C(=O)Nc2ccc(F)c(Cl)c2)CC1. The lowest BCUT2D eigenvalue weighted by atomic mass is 9.93. The molecule has 3 rings (SSSR count). The zero-order valence-corrected chi connectivity index (χ0v) is 15.5. The van der Waals surface area contributed by atoms with Gasteiger partial charge < -0.3 is 11.1 Å². The molecule has 1 atom stereocenters. The van der Waals surface area contributed by atoms with Crippen LogP contribution in [0.3, 0.4) is 0 Å². The Morgan fingerprint density at radius 1 is 1.15 bits per heavy atom. The number of benzene rings is 2. The van der Waals surface area contributed by atoms with E-state index in [1.54, 1.807) is 0 Å². The number of carbonyl (C=O) groups is 2. The van der Waals surface area contributed by atoms with Crippen molar-refractivity contribution >= 4 is 29.1 Å². The number of nitrogens with one attached hydrogen (secondary N) is 1. The van der Waals surface area contributed by atoms with Crippen LogP contribution in [0.2, 0.25) is 5.02 Å². The van der Waals surface area contributed by atoms with Crippen molar-refractivity contribution in [2.24, 2.45) is 11.7 Å². The van der Waals surface area contributed by atoms with Crippen LogP contribution in [0.4, 0.5) is 10.1 Å². The van der Waals surface area contributed by atoms with Crippen molar-refractivity contribution in [3.63, 3.8) is 0 Å². The van der Waals surface area contributed by atoms with E-state index in [0.717, 1.165) is 5.56 Å². The number of nitrogens with zero attached hydrogens (tertiary/aromatic N) is 1. The van der Waals surface area contributed by atoms with Crippen LogP contribution in [0.5, 0.6) is 0 Å². The number of amides is 2. The first kappa shape index (κ1) is 19.3. The Bertz CT molecular complexity index is 823. The summed E-state index contributed by atoms with van der Waals surface area (Å²) < 4.78 is 13.2. The molecule has 2 aromatic carbocycles. The summed E-state index contributed by atoms with van der Waals surface area (Å²) in [6.07, 6.45) is 1.22. The molecule has 1 unspecified atom stereocenters. The second-order valence-corrected chi connectivity index (χ2v) is 7.05. The van der Waals surface area contributed by atoms with Crippen LogP contribution in [0.15, 0.2) is 48.5 Å². The van der Waals surface area contributed by atoms with Crippen LogP contribution in [0.25, 0.3) is 0 Å². The summed E-state index contributed by atoms with van der Waals surface area (Å²) in [5.74, 6) is -1.24. The number of primary amides is 1. The normalized spacial score (nSPS) is 16.7. The lowest BCUT2D eigenvalue weighted by Crippen LogP contribution is -2.44. The van der Waals surface area contributed by atoms with Crippen molar-refractivity contribution in [3.05, 3.63) is 64.9 Å². The predicted octanol–water partition coefficient (Wildman–Crippen LogP) is 3.36. The molecule has 2 aromatic rings. The molecule has 0 aliphatic carbocycles. The molecule has 1 aliphatic rings. The second kappa shape index (κ2) is 8.50. The van der Waals surface area contributed by atoms with E-state index >= 15 is 0 Å². The molecule has 1 saturated heterocycles. The zero-order valence-electron chi connectivity index (χ0n) is 14.7. The fourth-order valence-corrected chi connectivity index (χ4v) is 3.61. The fraction of sp³-hybridized carbons (Fsp3) is 0.300. The number of nitrogens with two attached hydrogens (primary N) is 1. The summed E-state index contributed by atoms with van der Waals surface area (Å²) in [5, 5.41) is 2.75. The third-order valence-electron chi connectivity index (χ3n) is 4.84. The number of likely N-dealkylation sites (tertiary alicyclic amines) is 1. The first-order valence-electron chi connectivity index (χ1n) is 8.80. The van der Waals surface area contributed by atoms with Crippen LogP contribution >= 0.6 is 11.6 Å². The van der Waals surface area contributed by atoms with Crippen LogP contribution in [-0.4, -0.2) is 29.8 Å². The molecule has 7 heteroatoms. The highest BCUT2D eigenvalue weighted by Gasteiger charge is 2.32. The maximum absolute atomic E-state index is 13.2. The van der Waals surface area contributed by atoms with Crippen LogP contribution in [-0.2, 0) is 9.59 Å². The van der Waals surface area contributed by atoms with E-state index in [9.17, 15) is 14.0 Å². The summed E-state index contributed by atoms with van der Waals surface area (Å²) in [6.45, 7) is 1.18. The van der Waals surface area contributed by atoms with E-state index < -0.39 is 17.8 Å². The van der Waals surface area contributed by atoms with Gasteiger partial charge in [-0.3, -0.25) is 14.5 Å². The molecule has 5 nitrogen and oxygen atoms in total. The van der Waals surface area contributed by atoms with Gasteiger partial charge in [0.05, 0.1) is 5.02 Å². The largest absolute Gasteiger partial charge is 0.368 e. The number of halogens is 2. The van der Waals surface area contributed by atoms with Gasteiger partial charge in [0, 0.05) is 11.6 Å². The van der Waals surface area contributed by atoms with Gasteiger partial charge in [0.25, 0.3) is 0 Å². The molecule has 2 amide bonds. The van der Waals surface area contributed by atoms with E-state index in [0.29, 0.717) is 31.6 Å². The van der Waals surface area contributed by atoms with Crippen LogP contribution in [0.1, 0.15) is 24.4 Å². The molecule has 0 radical (unpaired) electrons. The van der Waals surface area contributed by atoms with Gasteiger partial charge in [-0.15, -0.1) is 0 Å². The van der Waals surface area contributed by atoms with Crippen molar-refractivity contribution in [2.75, 3.05) is 18.4 Å². The summed E-state index contributed by atoms with van der Waals surface area (Å²) in [4.78, 5) is 26.5. The van der Waals surface area contributed by atoms with E-state index in [1.807, 2.05) is 35.2 Å². The topological polar surface area (TPSA) is 75.4 Å². The third-order valence-corrected chi connectivity index (χ3v) is 5.13. The Hall–Kier alpha value is -2.44. The van der Waals surface area contributed by atoms with Gasteiger partial charge in [0.2, 0.25) is 11.8 Å². The number of anilines is 1. The van der Waals surface area contributed by atoms with Gasteiger partial charge in [-0.2, -0.15) is 0 Å². The minimum atomic E-state index is -0.527. The van der Waals surface area contributed by atoms with Crippen LogP contribution < -0.4 is 11.1 Å². The minimum Gasteiger partial charge on any atom is -0.368 e. The van der Waals surface area contributed by atoms with Gasteiger partial charge in [0.1, 0.15) is 11.9 Å². The van der Waals surface area contributed by atoms with Crippen molar-refractivity contribution in [2.45, 2.75) is 18.9 Å². The smallest absolute Gasteiger partial charge is 0.239 e. The molecule has 0 saturated carbocycles. The number of carbonyl (C=O) groups excluding carboxylic acids is 2. The molecular weight excluding hydrogens is 369 g/mol. The van der Waals surface area contributed by atoms with Gasteiger partial charge in [0.15, 0.2) is 0 Å². The Kier molecular flexibility index (Phi) is 6.08. The highest BCUT2D eigenvalue weighted by Crippen LogP contribution is 2.28. The summed E-state index contributed by atoms with van der Waals surface area (Å²) >= 11 is 5.75. The first-order valence-corrected chi connectivity index (χ1v) is 9.17. The Morgan fingerprint density at radius 2 is 1.81 bits per heavy atom. The summed E-state index contributed by atoms with van der Waals surface area (Å²) in [6, 6.07) is 13.0. The molecule has 1 aliphatic heterocycles.